The number of aromatic hydroxyl groups is 1. The number of hydrogen-bond donors (Lipinski definition) is 5. The molecule has 1 atom stereocenters. The monoisotopic (exact) mass is 316 g/mol. The number of nitriles is 1. The molecule has 0 fully saturated rings. The van der Waals surface area contributed by atoms with Crippen LogP contribution in [0.1, 0.15) is 17.4 Å². The average molecular weight is 317 g/mol. The Morgan fingerprint density at radius 3 is 2.59 bits per heavy atom. The summed E-state index contributed by atoms with van der Waals surface area (Å²) in [5.74, 6) is -0.713. The zero-order valence-corrected chi connectivity index (χ0v) is 12.1. The summed E-state index contributed by atoms with van der Waals surface area (Å²) in [5.41, 5.74) is 6.24. The van der Waals surface area contributed by atoms with Gasteiger partial charge in [-0.15, -0.1) is 0 Å². The second-order valence-electron chi connectivity index (χ2n) is 4.47. The van der Waals surface area contributed by atoms with E-state index in [1.165, 1.54) is 12.1 Å². The number of hydrogen-bond acceptors (Lipinski definition) is 4. The first-order valence-corrected chi connectivity index (χ1v) is 6.63. The van der Waals surface area contributed by atoms with Gasteiger partial charge in [0, 0.05) is 16.1 Å². The molecule has 112 valence electrons. The van der Waals surface area contributed by atoms with Crippen LogP contribution in [0.2, 0.25) is 5.02 Å². The highest BCUT2D eigenvalue weighted by atomic mass is 35.5. The molecule has 0 amide bonds. The average Bonchev–Trinajstić information content (AvgIpc) is 2.46. The van der Waals surface area contributed by atoms with E-state index in [4.69, 9.17) is 22.7 Å². The molecule has 0 bridgehead atoms. The second-order valence-corrected chi connectivity index (χ2v) is 4.88. The molecule has 22 heavy (non-hydrogen) atoms. The molecule has 6 N–H and O–H groups in total. The lowest BCUT2D eigenvalue weighted by Crippen LogP contribution is -2.34. The summed E-state index contributed by atoms with van der Waals surface area (Å²) in [4.78, 5) is 0. The number of nitrogens with one attached hydrogen (secondary N) is 2. The Bertz CT molecular complexity index is 771. The van der Waals surface area contributed by atoms with Crippen molar-refractivity contribution in [2.75, 3.05) is 0 Å². The molecule has 0 spiro atoms. The third kappa shape index (κ3) is 2.96. The molecule has 0 aliphatic rings. The van der Waals surface area contributed by atoms with Crippen LogP contribution in [0.3, 0.4) is 0 Å². The highest BCUT2D eigenvalue weighted by molar-refractivity contribution is 6.33. The summed E-state index contributed by atoms with van der Waals surface area (Å²) in [5, 5.41) is 39.4. The van der Waals surface area contributed by atoms with E-state index in [-0.39, 0.29) is 22.4 Å². The lowest BCUT2D eigenvalue weighted by Gasteiger charge is -2.20. The third-order valence-corrected chi connectivity index (χ3v) is 3.38. The smallest absolute Gasteiger partial charge is 0.187 e. The quantitative estimate of drug-likeness (QED) is 0.336. The van der Waals surface area contributed by atoms with E-state index < -0.39 is 12.2 Å². The van der Waals surface area contributed by atoms with Crippen LogP contribution < -0.4 is 11.1 Å². The third-order valence-electron chi connectivity index (χ3n) is 3.05. The minimum atomic E-state index is -1.46. The highest BCUT2D eigenvalue weighted by Crippen LogP contribution is 2.39. The van der Waals surface area contributed by atoms with Crippen molar-refractivity contribution in [1.82, 2.24) is 5.32 Å². The van der Waals surface area contributed by atoms with Crippen molar-refractivity contribution in [2.45, 2.75) is 6.23 Å². The van der Waals surface area contributed by atoms with Gasteiger partial charge in [-0.3, -0.25) is 5.41 Å². The van der Waals surface area contributed by atoms with Gasteiger partial charge in [0.25, 0.3) is 0 Å². The van der Waals surface area contributed by atoms with E-state index in [9.17, 15) is 15.5 Å². The minimum Gasteiger partial charge on any atom is -0.507 e. The van der Waals surface area contributed by atoms with Crippen LogP contribution >= 0.6 is 11.6 Å². The predicted molar refractivity (Wildman–Crippen MR) is 83.3 cm³/mol. The van der Waals surface area contributed by atoms with Gasteiger partial charge in [-0.05, 0) is 18.2 Å². The van der Waals surface area contributed by atoms with Gasteiger partial charge in [0.15, 0.2) is 12.2 Å². The summed E-state index contributed by atoms with van der Waals surface area (Å²) in [7, 11) is 0. The van der Waals surface area contributed by atoms with Crippen LogP contribution in [0.25, 0.3) is 11.1 Å². The number of aliphatic hydroxyl groups excluding tert-OH is 1. The van der Waals surface area contributed by atoms with Crippen molar-refractivity contribution in [2.24, 2.45) is 5.73 Å². The Hall–Kier alpha value is -2.75. The van der Waals surface area contributed by atoms with E-state index >= 15 is 0 Å². The number of nitrogens with two attached hydrogens (primary N) is 1. The molecule has 0 radical (unpaired) electrons. The summed E-state index contributed by atoms with van der Waals surface area (Å²) in [6, 6.07) is 11.5. The van der Waals surface area contributed by atoms with Crippen molar-refractivity contribution in [1.29, 1.82) is 10.7 Å². The first kappa shape index (κ1) is 15.6. The van der Waals surface area contributed by atoms with Crippen LogP contribution in [-0.2, 0) is 0 Å². The molecular weight excluding hydrogens is 304 g/mol. The van der Waals surface area contributed by atoms with Gasteiger partial charge >= 0.3 is 0 Å². The Labute approximate surface area is 131 Å². The van der Waals surface area contributed by atoms with Crippen molar-refractivity contribution >= 4 is 17.6 Å². The van der Waals surface area contributed by atoms with E-state index in [2.05, 4.69) is 5.32 Å². The maximum absolute atomic E-state index is 10.2. The molecule has 0 aliphatic carbocycles. The first-order chi connectivity index (χ1) is 10.5. The number of phenols is 1. The Morgan fingerprint density at radius 1 is 1.32 bits per heavy atom. The number of aliphatic hydroxyl groups is 1. The molecule has 7 heteroatoms. The van der Waals surface area contributed by atoms with E-state index in [1.54, 1.807) is 24.3 Å². The van der Waals surface area contributed by atoms with Gasteiger partial charge in [-0.25, -0.2) is 0 Å². The first-order valence-electron chi connectivity index (χ1n) is 6.25. The maximum Gasteiger partial charge on any atom is 0.187 e. The van der Waals surface area contributed by atoms with E-state index in [0.717, 1.165) is 0 Å². The molecule has 0 aliphatic heterocycles. The van der Waals surface area contributed by atoms with E-state index in [0.29, 0.717) is 10.6 Å². The molecule has 2 aromatic rings. The SMILES string of the molecule is N#Cc1ccc(O)c(C(O)NC(=N)N)c1-c1ccccc1Cl. The molecule has 0 saturated carbocycles. The molecule has 6 nitrogen and oxygen atoms in total. The maximum atomic E-state index is 10.2. The van der Waals surface area contributed by atoms with Gasteiger partial charge in [-0.2, -0.15) is 5.26 Å². The lowest BCUT2D eigenvalue weighted by molar-refractivity contribution is 0.159. The van der Waals surface area contributed by atoms with Gasteiger partial charge in [0.05, 0.1) is 17.2 Å². The minimum absolute atomic E-state index is 0.0300. The van der Waals surface area contributed by atoms with Crippen molar-refractivity contribution in [3.63, 3.8) is 0 Å². The number of nitrogens with zero attached hydrogens (tertiary/aromatic N) is 1. The number of halogens is 1. The van der Waals surface area contributed by atoms with Crippen LogP contribution in [0.15, 0.2) is 36.4 Å². The highest BCUT2D eigenvalue weighted by Gasteiger charge is 2.23. The number of rotatable bonds is 3. The molecule has 1 unspecified atom stereocenters. The van der Waals surface area contributed by atoms with Crippen molar-refractivity contribution in [3.8, 4) is 22.9 Å². The van der Waals surface area contributed by atoms with Gasteiger partial charge in [-0.1, -0.05) is 29.8 Å². The zero-order chi connectivity index (χ0) is 16.3. The Morgan fingerprint density at radius 2 is 2.00 bits per heavy atom. The number of phenolic OH excluding ortho intramolecular Hbond substituents is 1. The summed E-state index contributed by atoms with van der Waals surface area (Å²) < 4.78 is 0. The van der Waals surface area contributed by atoms with Gasteiger partial charge < -0.3 is 21.3 Å². The predicted octanol–water partition coefficient (Wildman–Crippen LogP) is 2.06. The fourth-order valence-electron chi connectivity index (χ4n) is 2.15. The standard InChI is InChI=1S/C15H13ClN4O2/c16-10-4-2-1-3-9(10)12-8(7-17)5-6-11(21)13(12)14(22)20-15(18)19/h1-6,14,21-22H,(H4,18,19,20). The second kappa shape index (κ2) is 6.35. The fraction of sp³-hybridized carbons (Fsp3) is 0.0667. The lowest BCUT2D eigenvalue weighted by atomic mass is 9.93. The Kier molecular flexibility index (Phi) is 4.51. The number of guanidine groups is 1. The molecule has 0 aromatic heterocycles. The molecule has 2 rings (SSSR count). The van der Waals surface area contributed by atoms with Crippen molar-refractivity contribution < 1.29 is 10.2 Å². The normalized spacial score (nSPS) is 11.5. The summed E-state index contributed by atoms with van der Waals surface area (Å²) in [6.07, 6.45) is -1.46. The van der Waals surface area contributed by atoms with Crippen LogP contribution in [0.4, 0.5) is 0 Å². The van der Waals surface area contributed by atoms with Crippen molar-refractivity contribution in [3.05, 3.63) is 52.5 Å². The molecule has 0 heterocycles. The summed E-state index contributed by atoms with van der Waals surface area (Å²) >= 11 is 6.16. The van der Waals surface area contributed by atoms with Gasteiger partial charge in [0.2, 0.25) is 0 Å². The van der Waals surface area contributed by atoms with Crippen LogP contribution in [0, 0.1) is 16.7 Å². The largest absolute Gasteiger partial charge is 0.507 e. The molecular formula is C15H13ClN4O2. The van der Waals surface area contributed by atoms with Crippen LogP contribution in [0.5, 0.6) is 5.75 Å². The molecule has 0 saturated heterocycles. The fourth-order valence-corrected chi connectivity index (χ4v) is 2.38. The number of benzene rings is 2. The topological polar surface area (TPSA) is 126 Å². The summed E-state index contributed by atoms with van der Waals surface area (Å²) in [6.45, 7) is 0. The molecule has 2 aromatic carbocycles. The van der Waals surface area contributed by atoms with E-state index in [1.807, 2.05) is 6.07 Å². The Balaban J connectivity index is 2.75. The zero-order valence-electron chi connectivity index (χ0n) is 11.3. The van der Waals surface area contributed by atoms with Crippen LogP contribution in [-0.4, -0.2) is 16.2 Å². The van der Waals surface area contributed by atoms with Gasteiger partial charge in [0.1, 0.15) is 5.75 Å².